The molecule has 6 rings (SSSR count). The third-order valence-electron chi connectivity index (χ3n) is 8.49. The minimum absolute atomic E-state index is 1.19. The lowest BCUT2D eigenvalue weighted by Gasteiger charge is -2.08. The van der Waals surface area contributed by atoms with E-state index in [1.54, 1.807) is 0 Å². The van der Waals surface area contributed by atoms with Crippen molar-refractivity contribution in [2.75, 3.05) is 34.5 Å². The van der Waals surface area contributed by atoms with Crippen molar-refractivity contribution in [1.82, 2.24) is 0 Å². The van der Waals surface area contributed by atoms with E-state index in [4.69, 9.17) is 0 Å². The Morgan fingerprint density at radius 2 is 0.550 bits per heavy atom. The Bertz CT molecular complexity index is 1670. The van der Waals surface area contributed by atoms with Crippen molar-refractivity contribution in [2.45, 2.75) is 119 Å². The van der Waals surface area contributed by atoms with Gasteiger partial charge in [0, 0.05) is 19.6 Å². The number of hydrogen-bond acceptors (Lipinski definition) is 18. The van der Waals surface area contributed by atoms with Crippen LogP contribution in [-0.4, -0.2) is 34.5 Å². The highest BCUT2D eigenvalue weighted by Gasteiger charge is 2.39. The van der Waals surface area contributed by atoms with E-state index in [1.165, 1.54) is 182 Å². The summed E-state index contributed by atoms with van der Waals surface area (Å²) < 4.78 is 18.1. The summed E-state index contributed by atoms with van der Waals surface area (Å²) in [6, 6.07) is 0. The first-order chi connectivity index (χ1) is 29.5. The van der Waals surface area contributed by atoms with Gasteiger partial charge in [-0.25, -0.2) is 0 Å². The molecule has 0 radical (unpaired) electrons. The van der Waals surface area contributed by atoms with Crippen molar-refractivity contribution in [1.29, 1.82) is 0 Å². The predicted molar refractivity (Wildman–Crippen MR) is 321 cm³/mol. The topological polar surface area (TPSA) is 0 Å². The van der Waals surface area contributed by atoms with Gasteiger partial charge in [0.15, 0.2) is 0 Å². The second-order valence-corrected chi connectivity index (χ2v) is 35.4. The average Bonchev–Trinajstić information content (AvgIpc) is 4.11. The van der Waals surface area contributed by atoms with E-state index < -0.39 is 0 Å². The minimum Gasteiger partial charge on any atom is -0.118 e. The first kappa shape index (κ1) is 53.3. The Kier molecular flexibility index (Phi) is 26.5. The van der Waals surface area contributed by atoms with Crippen LogP contribution in [0.4, 0.5) is 0 Å². The Balaban J connectivity index is 1.27. The first-order valence-electron chi connectivity index (χ1n) is 21.0. The number of thioether (sulfide) groups is 18. The molecule has 0 unspecified atom stereocenters. The van der Waals surface area contributed by atoms with Crippen LogP contribution in [0.5, 0.6) is 0 Å². The summed E-state index contributed by atoms with van der Waals surface area (Å²) in [4.78, 5) is 6.14. The van der Waals surface area contributed by atoms with Crippen molar-refractivity contribution in [3.05, 3.63) is 81.3 Å². The third kappa shape index (κ3) is 16.0. The van der Waals surface area contributed by atoms with Gasteiger partial charge < -0.3 is 0 Å². The van der Waals surface area contributed by atoms with Crippen LogP contribution in [0.2, 0.25) is 0 Å². The van der Waals surface area contributed by atoms with Gasteiger partial charge in [-0.05, 0) is 83.9 Å². The molecule has 0 aromatic carbocycles. The van der Waals surface area contributed by atoms with E-state index in [1.807, 2.05) is 47.0 Å². The zero-order valence-electron chi connectivity index (χ0n) is 35.2. The minimum atomic E-state index is 1.19. The maximum Gasteiger partial charge on any atom is 0.0712 e. The zero-order chi connectivity index (χ0) is 42.1. The molecule has 18 heteroatoms. The average molecular weight is 1140 g/mol. The van der Waals surface area contributed by atoms with Gasteiger partial charge in [-0.2, -0.15) is 0 Å². The first-order valence-corrected chi connectivity index (χ1v) is 36.8. The van der Waals surface area contributed by atoms with Crippen LogP contribution >= 0.6 is 212 Å². The van der Waals surface area contributed by atoms with Crippen LogP contribution in [0.3, 0.4) is 0 Å². The largest absolute Gasteiger partial charge is 0.118 e. The van der Waals surface area contributed by atoms with Gasteiger partial charge in [-0.15, -0.1) is 70.6 Å². The quantitative estimate of drug-likeness (QED) is 0.0754. The summed E-state index contributed by atoms with van der Waals surface area (Å²) in [5.41, 5.74) is 0. The summed E-state index contributed by atoms with van der Waals surface area (Å²) in [7, 11) is 0. The van der Waals surface area contributed by atoms with Crippen LogP contribution in [0.1, 0.15) is 119 Å². The predicted octanol–water partition coefficient (Wildman–Crippen LogP) is 22.7. The van der Waals surface area contributed by atoms with Crippen LogP contribution in [-0.2, 0) is 0 Å². The Hall–Kier alpha value is 3.96. The fourth-order valence-corrected chi connectivity index (χ4v) is 31.9. The highest BCUT2D eigenvalue weighted by Crippen LogP contribution is 2.72. The van der Waals surface area contributed by atoms with Gasteiger partial charge in [0.2, 0.25) is 0 Å². The fourth-order valence-electron chi connectivity index (χ4n) is 5.07. The van der Waals surface area contributed by atoms with E-state index in [9.17, 15) is 0 Å². The summed E-state index contributed by atoms with van der Waals surface area (Å²) in [6.45, 7) is 13.9. The molecular weight excluding hydrogens is 1080 g/mol. The van der Waals surface area contributed by atoms with Crippen molar-refractivity contribution in [2.24, 2.45) is 0 Å². The van der Waals surface area contributed by atoms with E-state index in [0.29, 0.717) is 0 Å². The van der Waals surface area contributed by atoms with Gasteiger partial charge >= 0.3 is 0 Å². The zero-order valence-corrected chi connectivity index (χ0v) is 49.9. The van der Waals surface area contributed by atoms with Gasteiger partial charge in [0.25, 0.3) is 0 Å². The smallest absolute Gasteiger partial charge is 0.0712 e. The van der Waals surface area contributed by atoms with Crippen molar-refractivity contribution < 1.29 is 0 Å². The van der Waals surface area contributed by atoms with Crippen LogP contribution in [0.15, 0.2) is 81.3 Å². The number of unbranched alkanes of at least 4 members (excludes halogenated alkanes) is 6. The van der Waals surface area contributed by atoms with Crippen molar-refractivity contribution in [3.63, 3.8) is 0 Å². The van der Waals surface area contributed by atoms with Crippen LogP contribution in [0, 0.1) is 0 Å². The second kappa shape index (κ2) is 29.9. The molecule has 0 nitrogen and oxygen atoms in total. The Morgan fingerprint density at radius 3 is 0.817 bits per heavy atom. The monoisotopic (exact) mass is 1140 g/mol. The molecule has 0 aromatic heterocycles. The summed E-state index contributed by atoms with van der Waals surface area (Å²) in [5, 5.41) is 4.83. The Morgan fingerprint density at radius 1 is 0.300 bits per heavy atom. The van der Waals surface area contributed by atoms with Crippen molar-refractivity contribution in [3.8, 4) is 0 Å². The van der Waals surface area contributed by atoms with Crippen LogP contribution < -0.4 is 0 Å². The molecule has 60 heavy (non-hydrogen) atoms. The molecule has 6 aliphatic heterocycles. The molecule has 0 aromatic rings. The van der Waals surface area contributed by atoms with Gasteiger partial charge in [0.05, 0.1) is 50.8 Å². The molecule has 0 saturated carbocycles. The van der Waals surface area contributed by atoms with E-state index in [0.717, 1.165) is 0 Å². The van der Waals surface area contributed by atoms with Crippen LogP contribution in [0.25, 0.3) is 0 Å². The Labute approximate surface area is 440 Å². The molecular formula is C42H56S18. The summed E-state index contributed by atoms with van der Waals surface area (Å²) in [6.07, 6.45) is 15.2. The number of rotatable bonds is 26. The maximum absolute atomic E-state index is 2.41. The summed E-state index contributed by atoms with van der Waals surface area (Å²) in [5.74, 6) is 7.24. The van der Waals surface area contributed by atoms with Crippen molar-refractivity contribution >= 4 is 212 Å². The molecule has 6 aliphatic rings. The fraction of sp³-hybridized carbons (Fsp3) is 0.571. The lowest BCUT2D eigenvalue weighted by atomic mass is 10.4. The van der Waals surface area contributed by atoms with Gasteiger partial charge in [-0.3, -0.25) is 0 Å². The standard InChI is InChI=1S/C42H56S18/c1-7-13-19-43-27-25-49-37(51-27)39-53-29(33(57-39)45-21-15-9-3)31-35(47-23-17-11-5)59-41(55-31)42-56-32(36(60-42)48-24-18-12-6)30-34(46-22-16-10-4)58-40(54-30)38-50-26-28(52-38)44-20-14-8-2/h25-26H,7-24H2,1-6H3/b39-37-,40-38-,42-41+. The molecule has 0 N–H and O–H groups in total. The van der Waals surface area contributed by atoms with Gasteiger partial charge in [-0.1, -0.05) is 221 Å². The maximum atomic E-state index is 2.41. The summed E-state index contributed by atoms with van der Waals surface area (Å²) >= 11 is 37.2. The molecule has 332 valence electrons. The normalized spacial score (nSPS) is 23.6. The molecule has 0 bridgehead atoms. The molecule has 0 aliphatic carbocycles. The second-order valence-electron chi connectivity index (χ2n) is 13.5. The molecule has 0 amide bonds. The lowest BCUT2D eigenvalue weighted by Crippen LogP contribution is -1.84. The SMILES string of the molecule is CCCCSC1=CS/C(=C2/SC(SCCCC)=C(C3=C(SCCCC)S/C(=C4/SC(SCCCC)=C(C5=C(SCCCC)S/C(=C6/SC=C(SCCCC)S6)S5)S4)S3)S2)S1. The highest BCUT2D eigenvalue weighted by atomic mass is 32.3. The highest BCUT2D eigenvalue weighted by molar-refractivity contribution is 8.44. The van der Waals surface area contributed by atoms with E-state index in [2.05, 4.69) is 217 Å². The van der Waals surface area contributed by atoms with E-state index in [-0.39, 0.29) is 0 Å². The third-order valence-corrected chi connectivity index (χ3v) is 34.3. The number of hydrogen-bond donors (Lipinski definition) is 0. The molecule has 6 heterocycles. The molecule has 0 saturated heterocycles. The molecule has 0 atom stereocenters. The molecule has 0 fully saturated rings. The van der Waals surface area contributed by atoms with Gasteiger partial charge in [0.1, 0.15) is 0 Å². The molecule has 0 spiro atoms. The lowest BCUT2D eigenvalue weighted by molar-refractivity contribution is 0.897. The van der Waals surface area contributed by atoms with E-state index >= 15 is 0 Å².